The van der Waals surface area contributed by atoms with E-state index >= 15 is 0 Å². The van der Waals surface area contributed by atoms with Crippen molar-refractivity contribution < 1.29 is 28.7 Å². The van der Waals surface area contributed by atoms with E-state index in [1.54, 1.807) is 38.1 Å². The average Bonchev–Trinajstić information content (AvgIpc) is 2.91. The number of methoxy groups -OCH3 is 1. The Morgan fingerprint density at radius 2 is 1.85 bits per heavy atom. The van der Waals surface area contributed by atoms with E-state index in [9.17, 15) is 19.2 Å². The summed E-state index contributed by atoms with van der Waals surface area (Å²) in [5.41, 5.74) is -0.552. The number of anilines is 1. The van der Waals surface area contributed by atoms with Gasteiger partial charge in [-0.3, -0.25) is 19.3 Å². The average molecular weight is 377 g/mol. The normalized spacial score (nSPS) is 15.3. The zero-order chi connectivity index (χ0) is 20.0. The molecule has 0 bridgehead atoms. The van der Waals surface area contributed by atoms with E-state index < -0.39 is 42.5 Å². The Labute approximate surface area is 157 Å². The summed E-state index contributed by atoms with van der Waals surface area (Å²) in [5.74, 6) is -1.42. The van der Waals surface area contributed by atoms with Gasteiger partial charge in [-0.2, -0.15) is 0 Å². The number of benzene rings is 1. The Bertz CT molecular complexity index is 744. The fourth-order valence-electron chi connectivity index (χ4n) is 2.80. The van der Waals surface area contributed by atoms with E-state index in [0.717, 1.165) is 4.90 Å². The second-order valence-electron chi connectivity index (χ2n) is 6.02. The molecule has 0 radical (unpaired) electrons. The molecule has 9 heteroatoms. The fourth-order valence-corrected chi connectivity index (χ4v) is 2.80. The van der Waals surface area contributed by atoms with Crippen molar-refractivity contribution in [3.63, 3.8) is 0 Å². The van der Waals surface area contributed by atoms with Crippen molar-refractivity contribution in [3.05, 3.63) is 24.3 Å². The molecule has 1 aliphatic rings. The highest BCUT2D eigenvalue weighted by molar-refractivity contribution is 6.08. The van der Waals surface area contributed by atoms with Gasteiger partial charge in [0.1, 0.15) is 17.8 Å². The van der Waals surface area contributed by atoms with Gasteiger partial charge in [-0.1, -0.05) is 26.0 Å². The zero-order valence-corrected chi connectivity index (χ0v) is 15.5. The van der Waals surface area contributed by atoms with Crippen molar-refractivity contribution in [2.75, 3.05) is 25.6 Å². The topological polar surface area (TPSA) is 114 Å². The number of rotatable bonds is 8. The maximum atomic E-state index is 12.4. The Kier molecular flexibility index (Phi) is 6.38. The lowest BCUT2D eigenvalue weighted by Crippen LogP contribution is -2.46. The van der Waals surface area contributed by atoms with Crippen molar-refractivity contribution in [1.29, 1.82) is 0 Å². The molecule has 1 heterocycles. The first-order chi connectivity index (χ1) is 12.9. The molecule has 1 fully saturated rings. The molecule has 1 aliphatic heterocycles. The molecule has 1 saturated heterocycles. The maximum Gasteiger partial charge on any atom is 0.326 e. The first-order valence-electron chi connectivity index (χ1n) is 8.59. The van der Waals surface area contributed by atoms with E-state index in [0.29, 0.717) is 24.3 Å². The number of imide groups is 1. The highest BCUT2D eigenvalue weighted by atomic mass is 16.5. The van der Waals surface area contributed by atoms with Crippen LogP contribution in [0.3, 0.4) is 0 Å². The maximum absolute atomic E-state index is 12.4. The van der Waals surface area contributed by atoms with Crippen LogP contribution in [-0.2, 0) is 19.1 Å². The summed E-state index contributed by atoms with van der Waals surface area (Å²) in [6.07, 6.45) is 0.835. The van der Waals surface area contributed by atoms with Crippen molar-refractivity contribution in [3.8, 4) is 5.75 Å². The smallest absolute Gasteiger partial charge is 0.326 e. The minimum Gasteiger partial charge on any atom is -0.495 e. The third-order valence-corrected chi connectivity index (χ3v) is 4.49. The number of amides is 4. The van der Waals surface area contributed by atoms with Crippen molar-refractivity contribution in [2.24, 2.45) is 0 Å². The predicted molar refractivity (Wildman–Crippen MR) is 96.1 cm³/mol. The lowest BCUT2D eigenvalue weighted by Gasteiger charge is -2.22. The number of esters is 1. The SMILES string of the molecule is CCC1(CC)NC(=O)N(CC(=O)OCC(=O)Nc2ccccc2OC)C1=O. The van der Waals surface area contributed by atoms with Crippen molar-refractivity contribution >= 4 is 29.5 Å². The van der Waals surface area contributed by atoms with Gasteiger partial charge in [-0.25, -0.2) is 4.79 Å². The molecule has 2 rings (SSSR count). The van der Waals surface area contributed by atoms with Crippen LogP contribution in [0.1, 0.15) is 26.7 Å². The Morgan fingerprint density at radius 1 is 1.19 bits per heavy atom. The molecule has 2 N–H and O–H groups in total. The molecule has 1 aromatic carbocycles. The van der Waals surface area contributed by atoms with Crippen LogP contribution in [0.5, 0.6) is 5.75 Å². The number of hydrogen-bond acceptors (Lipinski definition) is 6. The molecule has 0 unspecified atom stereocenters. The van der Waals surface area contributed by atoms with Gasteiger partial charge in [0, 0.05) is 0 Å². The van der Waals surface area contributed by atoms with Crippen LogP contribution < -0.4 is 15.4 Å². The van der Waals surface area contributed by atoms with Crippen molar-refractivity contribution in [1.82, 2.24) is 10.2 Å². The largest absolute Gasteiger partial charge is 0.495 e. The standard InChI is InChI=1S/C18H23N3O6/c1-4-18(5-2)16(24)21(17(25)20-18)10-15(23)27-11-14(22)19-12-8-6-7-9-13(12)26-3/h6-9H,4-5,10-11H2,1-3H3,(H,19,22)(H,20,25). The van der Waals surface area contributed by atoms with Gasteiger partial charge < -0.3 is 20.1 Å². The molecule has 1 aromatic rings. The summed E-state index contributed by atoms with van der Waals surface area (Å²) in [6, 6.07) is 6.14. The second kappa shape index (κ2) is 8.52. The van der Waals surface area contributed by atoms with Gasteiger partial charge in [-0.05, 0) is 25.0 Å². The number of hydrogen-bond donors (Lipinski definition) is 2. The molecule has 146 valence electrons. The third kappa shape index (κ3) is 4.36. The van der Waals surface area contributed by atoms with E-state index in [-0.39, 0.29) is 0 Å². The molecule has 0 aliphatic carbocycles. The molecule has 27 heavy (non-hydrogen) atoms. The molecule has 9 nitrogen and oxygen atoms in total. The van der Waals surface area contributed by atoms with Gasteiger partial charge in [0.05, 0.1) is 12.8 Å². The molecule has 4 amide bonds. The zero-order valence-electron chi connectivity index (χ0n) is 15.5. The van der Waals surface area contributed by atoms with Crippen LogP contribution >= 0.6 is 0 Å². The number of carbonyl (C=O) groups excluding carboxylic acids is 4. The van der Waals surface area contributed by atoms with Crippen LogP contribution in [0.4, 0.5) is 10.5 Å². The Hall–Kier alpha value is -3.10. The molecule has 0 atom stereocenters. The van der Waals surface area contributed by atoms with E-state index in [1.807, 2.05) is 0 Å². The molecular formula is C18H23N3O6. The molecule has 0 saturated carbocycles. The van der Waals surface area contributed by atoms with Gasteiger partial charge in [0.25, 0.3) is 11.8 Å². The number of ether oxygens (including phenoxy) is 2. The van der Waals surface area contributed by atoms with Gasteiger partial charge in [0.2, 0.25) is 0 Å². The molecule has 0 aromatic heterocycles. The van der Waals surface area contributed by atoms with Gasteiger partial charge in [-0.15, -0.1) is 0 Å². The van der Waals surface area contributed by atoms with Crippen LogP contribution in [0.25, 0.3) is 0 Å². The van der Waals surface area contributed by atoms with Gasteiger partial charge in [0.15, 0.2) is 6.61 Å². The number of carbonyl (C=O) groups is 4. The third-order valence-electron chi connectivity index (χ3n) is 4.49. The quantitative estimate of drug-likeness (QED) is 0.521. The van der Waals surface area contributed by atoms with Crippen LogP contribution in [-0.4, -0.2) is 54.5 Å². The van der Waals surface area contributed by atoms with E-state index in [2.05, 4.69) is 10.6 Å². The summed E-state index contributed by atoms with van der Waals surface area (Å²) in [6.45, 7) is 2.47. The monoisotopic (exact) mass is 377 g/mol. The van der Waals surface area contributed by atoms with Crippen molar-refractivity contribution in [2.45, 2.75) is 32.2 Å². The summed E-state index contributed by atoms with van der Waals surface area (Å²) in [7, 11) is 1.47. The predicted octanol–water partition coefficient (Wildman–Crippen LogP) is 1.29. The van der Waals surface area contributed by atoms with Crippen LogP contribution in [0.2, 0.25) is 0 Å². The number of nitrogens with one attached hydrogen (secondary N) is 2. The highest BCUT2D eigenvalue weighted by Gasteiger charge is 2.49. The summed E-state index contributed by atoms with van der Waals surface area (Å²) in [5, 5.41) is 5.18. The highest BCUT2D eigenvalue weighted by Crippen LogP contribution is 2.25. The van der Waals surface area contributed by atoms with Crippen LogP contribution in [0.15, 0.2) is 24.3 Å². The number of para-hydroxylation sites is 2. The van der Waals surface area contributed by atoms with E-state index in [4.69, 9.17) is 9.47 Å². The minimum absolute atomic E-state index is 0.418. The summed E-state index contributed by atoms with van der Waals surface area (Å²) in [4.78, 5) is 49.1. The summed E-state index contributed by atoms with van der Waals surface area (Å²) < 4.78 is 9.99. The van der Waals surface area contributed by atoms with Crippen LogP contribution in [0, 0.1) is 0 Å². The number of nitrogens with zero attached hydrogens (tertiary/aromatic N) is 1. The fraction of sp³-hybridized carbons (Fsp3) is 0.444. The Morgan fingerprint density at radius 3 is 2.44 bits per heavy atom. The lowest BCUT2D eigenvalue weighted by molar-refractivity contribution is -0.150. The lowest BCUT2D eigenvalue weighted by atomic mass is 9.93. The van der Waals surface area contributed by atoms with E-state index in [1.165, 1.54) is 7.11 Å². The molecule has 0 spiro atoms. The Balaban J connectivity index is 1.88. The molecular weight excluding hydrogens is 354 g/mol. The number of urea groups is 1. The first-order valence-corrected chi connectivity index (χ1v) is 8.59. The second-order valence-corrected chi connectivity index (χ2v) is 6.02. The van der Waals surface area contributed by atoms with Gasteiger partial charge >= 0.3 is 12.0 Å². The minimum atomic E-state index is -0.987. The first kappa shape index (κ1) is 20.2. The summed E-state index contributed by atoms with van der Waals surface area (Å²) >= 11 is 0.